The average Bonchev–Trinajstić information content (AvgIpc) is 2.83. The van der Waals surface area contributed by atoms with Crippen LogP contribution in [0.3, 0.4) is 0 Å². The van der Waals surface area contributed by atoms with E-state index >= 15 is 0 Å². The molecule has 8 nitrogen and oxygen atoms in total. The molecule has 0 saturated carbocycles. The Bertz CT molecular complexity index is 1020. The van der Waals surface area contributed by atoms with E-state index in [0.29, 0.717) is 23.8 Å². The highest BCUT2D eigenvalue weighted by molar-refractivity contribution is 7.92. The lowest BCUT2D eigenvalue weighted by molar-refractivity contribution is -0.885. The number of rotatable bonds is 9. The maximum absolute atomic E-state index is 12.9. The van der Waals surface area contributed by atoms with Crippen molar-refractivity contribution in [1.82, 2.24) is 4.90 Å². The second-order valence-electron chi connectivity index (χ2n) is 8.35. The highest BCUT2D eigenvalue weighted by Gasteiger charge is 2.26. The molecule has 180 valence electrons. The predicted molar refractivity (Wildman–Crippen MR) is 128 cm³/mol. The number of benzene rings is 2. The molecule has 1 heterocycles. The summed E-state index contributed by atoms with van der Waals surface area (Å²) in [4.78, 5) is 16.0. The van der Waals surface area contributed by atoms with Crippen LogP contribution in [-0.2, 0) is 14.8 Å². The number of amides is 1. The van der Waals surface area contributed by atoms with Crippen molar-refractivity contribution in [2.75, 3.05) is 51.8 Å². The van der Waals surface area contributed by atoms with Crippen molar-refractivity contribution in [2.45, 2.75) is 30.7 Å². The van der Waals surface area contributed by atoms with Crippen LogP contribution < -0.4 is 18.7 Å². The molecule has 9 heteroatoms. The van der Waals surface area contributed by atoms with Crippen LogP contribution in [0.5, 0.6) is 11.5 Å². The molecule has 1 aliphatic heterocycles. The fourth-order valence-corrected chi connectivity index (χ4v) is 5.05. The first-order chi connectivity index (χ1) is 15.7. The summed E-state index contributed by atoms with van der Waals surface area (Å²) in [7, 11) is 1.79. The van der Waals surface area contributed by atoms with E-state index < -0.39 is 10.0 Å². The maximum Gasteiger partial charge on any atom is 0.264 e. The van der Waals surface area contributed by atoms with Gasteiger partial charge in [-0.15, -0.1) is 0 Å². The molecule has 3 rings (SSSR count). The monoisotopic (exact) mass is 476 g/mol. The van der Waals surface area contributed by atoms with Crippen LogP contribution in [0.2, 0.25) is 0 Å². The number of nitrogens with zero attached hydrogens (tertiary/aromatic N) is 2. The van der Waals surface area contributed by atoms with E-state index in [9.17, 15) is 13.2 Å². The number of hydrogen-bond acceptors (Lipinski definition) is 5. The molecule has 33 heavy (non-hydrogen) atoms. The Hall–Kier alpha value is -2.78. The molecule has 0 aromatic heterocycles. The Morgan fingerprint density at radius 2 is 1.52 bits per heavy atom. The topological polar surface area (TPSA) is 80.6 Å². The zero-order valence-electron chi connectivity index (χ0n) is 19.8. The van der Waals surface area contributed by atoms with Gasteiger partial charge in [0.15, 0.2) is 6.61 Å². The van der Waals surface area contributed by atoms with Gasteiger partial charge >= 0.3 is 0 Å². The van der Waals surface area contributed by atoms with Crippen LogP contribution >= 0.6 is 0 Å². The highest BCUT2D eigenvalue weighted by Crippen LogP contribution is 2.25. The molecule has 0 aliphatic carbocycles. The second kappa shape index (κ2) is 10.9. The summed E-state index contributed by atoms with van der Waals surface area (Å²) in [6.45, 7) is 4.47. The Labute approximate surface area is 196 Å². The summed E-state index contributed by atoms with van der Waals surface area (Å²) >= 11 is 0. The van der Waals surface area contributed by atoms with Gasteiger partial charge in [0.2, 0.25) is 0 Å². The lowest BCUT2D eigenvalue weighted by Gasteiger charge is -2.33. The molecule has 2 aromatic rings. The summed E-state index contributed by atoms with van der Waals surface area (Å²) in [5.41, 5.74) is 0.494. The third-order valence-corrected chi connectivity index (χ3v) is 7.91. The Morgan fingerprint density at radius 3 is 2.09 bits per heavy atom. The largest absolute Gasteiger partial charge is 0.494 e. The Kier molecular flexibility index (Phi) is 8.20. The van der Waals surface area contributed by atoms with Crippen molar-refractivity contribution in [3.63, 3.8) is 0 Å². The first kappa shape index (κ1) is 24.9. The fourth-order valence-electron chi connectivity index (χ4n) is 3.86. The first-order valence-electron chi connectivity index (χ1n) is 11.2. The minimum atomic E-state index is -3.72. The number of ether oxygens (including phenoxy) is 2. The zero-order chi connectivity index (χ0) is 24.0. The molecule has 0 unspecified atom stereocenters. The molecule has 1 aliphatic rings. The number of carbonyl (C=O) groups excluding carboxylic acids is 1. The number of piperidine rings is 1. The maximum atomic E-state index is 12.9. The van der Waals surface area contributed by atoms with Gasteiger partial charge in [0, 0.05) is 33.0 Å². The van der Waals surface area contributed by atoms with Crippen LogP contribution in [0.1, 0.15) is 19.8 Å². The number of sulfonamides is 1. The molecule has 1 N–H and O–H groups in total. The summed E-state index contributed by atoms with van der Waals surface area (Å²) in [5.74, 6) is 1.08. The van der Waals surface area contributed by atoms with Crippen molar-refractivity contribution in [3.05, 3.63) is 48.5 Å². The second-order valence-corrected chi connectivity index (χ2v) is 10.3. The Morgan fingerprint density at radius 1 is 0.970 bits per heavy atom. The Balaban J connectivity index is 1.58. The fraction of sp³-hybridized carbons (Fsp3) is 0.458. The average molecular weight is 477 g/mol. The standard InChI is InChI=1S/C24H33N3O5S/c1-5-31-21-10-12-23(13-11-21)33(29,30)27(4)20-6-8-22(9-7-20)32-18-24(28)26(3)19-14-16-25(2)17-15-19/h6-13,19H,5,14-18H2,1-4H3/p+1. The van der Waals surface area contributed by atoms with Gasteiger partial charge in [-0.3, -0.25) is 9.10 Å². The normalized spacial score (nSPS) is 18.4. The summed E-state index contributed by atoms with van der Waals surface area (Å²) in [5, 5.41) is 0. The lowest BCUT2D eigenvalue weighted by atomic mass is 10.0. The SMILES string of the molecule is CCOc1ccc(S(=O)(=O)N(C)c2ccc(OCC(=O)N(C)C3CC[NH+](C)CC3)cc2)cc1. The molecule has 0 radical (unpaired) electrons. The van der Waals surface area contributed by atoms with Crippen molar-refractivity contribution in [3.8, 4) is 11.5 Å². The van der Waals surface area contributed by atoms with Gasteiger partial charge in [-0.25, -0.2) is 8.42 Å². The van der Waals surface area contributed by atoms with Crippen LogP contribution in [-0.4, -0.2) is 72.7 Å². The van der Waals surface area contributed by atoms with Gasteiger partial charge in [0.05, 0.1) is 37.3 Å². The minimum absolute atomic E-state index is 0.0463. The predicted octanol–water partition coefficient (Wildman–Crippen LogP) is 1.42. The van der Waals surface area contributed by atoms with E-state index in [-0.39, 0.29) is 23.5 Å². The van der Waals surface area contributed by atoms with E-state index in [4.69, 9.17) is 9.47 Å². The zero-order valence-corrected chi connectivity index (χ0v) is 20.6. The number of likely N-dealkylation sites (tertiary alicyclic amines) is 1. The van der Waals surface area contributed by atoms with Crippen molar-refractivity contribution in [1.29, 1.82) is 0 Å². The van der Waals surface area contributed by atoms with E-state index in [1.54, 1.807) is 41.3 Å². The van der Waals surface area contributed by atoms with Crippen molar-refractivity contribution in [2.24, 2.45) is 0 Å². The third kappa shape index (κ3) is 6.17. The van der Waals surface area contributed by atoms with Crippen LogP contribution in [0.4, 0.5) is 5.69 Å². The van der Waals surface area contributed by atoms with Crippen molar-refractivity contribution >= 4 is 21.6 Å². The number of anilines is 1. The lowest BCUT2D eigenvalue weighted by Crippen LogP contribution is -3.10. The third-order valence-electron chi connectivity index (χ3n) is 6.11. The van der Waals surface area contributed by atoms with Crippen molar-refractivity contribution < 1.29 is 27.6 Å². The molecule has 0 spiro atoms. The van der Waals surface area contributed by atoms with Gasteiger partial charge in [0.1, 0.15) is 11.5 Å². The van der Waals surface area contributed by atoms with E-state index in [1.165, 1.54) is 28.4 Å². The quantitative estimate of drug-likeness (QED) is 0.592. The van der Waals surface area contributed by atoms with E-state index in [0.717, 1.165) is 25.9 Å². The van der Waals surface area contributed by atoms with Gasteiger partial charge in [-0.2, -0.15) is 0 Å². The molecule has 1 amide bonds. The molecule has 0 bridgehead atoms. The minimum Gasteiger partial charge on any atom is -0.494 e. The number of quaternary nitrogens is 1. The first-order valence-corrected chi connectivity index (χ1v) is 12.7. The summed E-state index contributed by atoms with van der Waals surface area (Å²) < 4.78 is 38.2. The summed E-state index contributed by atoms with van der Waals surface area (Å²) in [6.07, 6.45) is 2.00. The smallest absolute Gasteiger partial charge is 0.264 e. The summed E-state index contributed by atoms with van der Waals surface area (Å²) in [6, 6.07) is 13.3. The molecule has 0 atom stereocenters. The van der Waals surface area contributed by atoms with Gasteiger partial charge in [0.25, 0.3) is 15.9 Å². The molecule has 1 fully saturated rings. The van der Waals surface area contributed by atoms with E-state index in [1.807, 2.05) is 14.0 Å². The molecule has 1 saturated heterocycles. The number of hydrogen-bond donors (Lipinski definition) is 1. The number of likely N-dealkylation sites (N-methyl/N-ethyl adjacent to an activating group) is 1. The van der Waals surface area contributed by atoms with Gasteiger partial charge in [-0.05, 0) is 55.5 Å². The number of nitrogens with one attached hydrogen (secondary N) is 1. The van der Waals surface area contributed by atoms with Gasteiger partial charge < -0.3 is 19.3 Å². The van der Waals surface area contributed by atoms with Crippen LogP contribution in [0, 0.1) is 0 Å². The molecule has 2 aromatic carbocycles. The van der Waals surface area contributed by atoms with Gasteiger partial charge in [-0.1, -0.05) is 0 Å². The molecular formula is C24H34N3O5S+. The highest BCUT2D eigenvalue weighted by atomic mass is 32.2. The van der Waals surface area contributed by atoms with Crippen LogP contribution in [0.25, 0.3) is 0 Å². The van der Waals surface area contributed by atoms with Crippen LogP contribution in [0.15, 0.2) is 53.4 Å². The van der Waals surface area contributed by atoms with E-state index in [2.05, 4.69) is 7.05 Å². The number of carbonyl (C=O) groups is 1. The molecular weight excluding hydrogens is 442 g/mol.